The van der Waals surface area contributed by atoms with E-state index in [4.69, 9.17) is 0 Å². The van der Waals surface area contributed by atoms with Crippen LogP contribution < -0.4 is 4.57 Å². The average Bonchev–Trinajstić information content (AvgIpc) is 2.30. The molecule has 0 atom stereocenters. The van der Waals surface area contributed by atoms with Crippen LogP contribution in [0, 0.1) is 0 Å². The van der Waals surface area contributed by atoms with Gasteiger partial charge in [-0.05, 0) is 12.1 Å². The third-order valence-electron chi connectivity index (χ3n) is 2.25. The molecule has 0 radical (unpaired) electrons. The molecule has 0 amide bonds. The highest BCUT2D eigenvalue weighted by molar-refractivity contribution is 9.10. The summed E-state index contributed by atoms with van der Waals surface area (Å²) < 4.78 is 2.79. The fraction of sp³-hybridized carbons (Fsp3) is 0.0769. The highest BCUT2D eigenvalue weighted by Gasteiger charge is 2.11. The normalized spacial score (nSPS) is 10.1. The Labute approximate surface area is 103 Å². The van der Waals surface area contributed by atoms with Crippen LogP contribution in [0.15, 0.2) is 59.3 Å². The summed E-state index contributed by atoms with van der Waals surface area (Å²) >= 11 is 3.36. The van der Waals surface area contributed by atoms with Gasteiger partial charge in [-0.25, -0.2) is 0 Å². The molecule has 1 aromatic heterocycles. The first-order chi connectivity index (χ1) is 7.75. The molecule has 0 aliphatic rings. The van der Waals surface area contributed by atoms with Crippen molar-refractivity contribution in [2.75, 3.05) is 0 Å². The SMILES string of the molecule is O=C(C[n+]1ccccc1)c1cccc(Br)c1. The predicted molar refractivity (Wildman–Crippen MR) is 65.1 cm³/mol. The maximum atomic E-state index is 11.9. The lowest BCUT2D eigenvalue weighted by molar-refractivity contribution is -0.683. The molecule has 0 aliphatic carbocycles. The summed E-state index contributed by atoms with van der Waals surface area (Å²) in [6.07, 6.45) is 3.77. The lowest BCUT2D eigenvalue weighted by atomic mass is 10.1. The third-order valence-corrected chi connectivity index (χ3v) is 2.74. The van der Waals surface area contributed by atoms with Gasteiger partial charge in [0.1, 0.15) is 0 Å². The van der Waals surface area contributed by atoms with Crippen LogP contribution in [-0.2, 0) is 6.54 Å². The summed E-state index contributed by atoms with van der Waals surface area (Å²) in [7, 11) is 0. The zero-order valence-electron chi connectivity index (χ0n) is 8.64. The number of benzene rings is 1. The molecular formula is C13H11BrNO+. The Kier molecular flexibility index (Phi) is 3.47. The number of hydrogen-bond acceptors (Lipinski definition) is 1. The minimum atomic E-state index is 0.109. The molecular weight excluding hydrogens is 266 g/mol. The number of carbonyl (C=O) groups excluding carboxylic acids is 1. The lowest BCUT2D eigenvalue weighted by Crippen LogP contribution is -2.36. The molecule has 80 valence electrons. The first kappa shape index (κ1) is 11.0. The number of ketones is 1. The van der Waals surface area contributed by atoms with Gasteiger partial charge in [0, 0.05) is 22.2 Å². The smallest absolute Gasteiger partial charge is 0.227 e. The summed E-state index contributed by atoms with van der Waals surface area (Å²) in [5.74, 6) is 0.109. The maximum Gasteiger partial charge on any atom is 0.227 e. The molecule has 0 spiro atoms. The maximum absolute atomic E-state index is 11.9. The Bertz CT molecular complexity index is 496. The average molecular weight is 277 g/mol. The van der Waals surface area contributed by atoms with E-state index in [0.717, 1.165) is 10.0 Å². The Hall–Kier alpha value is -1.48. The molecule has 0 bridgehead atoms. The van der Waals surface area contributed by atoms with Crippen molar-refractivity contribution in [2.24, 2.45) is 0 Å². The van der Waals surface area contributed by atoms with E-state index in [1.165, 1.54) is 0 Å². The van der Waals surface area contributed by atoms with Crippen molar-refractivity contribution in [3.63, 3.8) is 0 Å². The number of pyridine rings is 1. The molecule has 1 aromatic carbocycles. The van der Waals surface area contributed by atoms with Gasteiger partial charge >= 0.3 is 0 Å². The van der Waals surface area contributed by atoms with Crippen molar-refractivity contribution in [3.05, 3.63) is 64.9 Å². The minimum Gasteiger partial charge on any atom is -0.287 e. The second kappa shape index (κ2) is 5.03. The van der Waals surface area contributed by atoms with Gasteiger partial charge < -0.3 is 0 Å². The van der Waals surface area contributed by atoms with E-state index in [0.29, 0.717) is 6.54 Å². The Morgan fingerprint density at radius 1 is 1.12 bits per heavy atom. The quantitative estimate of drug-likeness (QED) is 0.624. The molecule has 16 heavy (non-hydrogen) atoms. The number of Topliss-reactive ketones (excluding diaryl/α,β-unsaturated/α-hetero) is 1. The van der Waals surface area contributed by atoms with Crippen molar-refractivity contribution in [1.82, 2.24) is 0 Å². The van der Waals surface area contributed by atoms with Crippen molar-refractivity contribution < 1.29 is 9.36 Å². The minimum absolute atomic E-state index is 0.109. The second-order valence-electron chi connectivity index (χ2n) is 3.48. The number of aromatic nitrogens is 1. The molecule has 3 heteroatoms. The van der Waals surface area contributed by atoms with Crippen molar-refractivity contribution in [1.29, 1.82) is 0 Å². The van der Waals surface area contributed by atoms with Crippen LogP contribution in [0.5, 0.6) is 0 Å². The predicted octanol–water partition coefficient (Wildman–Crippen LogP) is 2.62. The van der Waals surface area contributed by atoms with Crippen molar-refractivity contribution in [3.8, 4) is 0 Å². The summed E-state index contributed by atoms with van der Waals surface area (Å²) in [4.78, 5) is 11.9. The molecule has 0 fully saturated rings. The highest BCUT2D eigenvalue weighted by atomic mass is 79.9. The summed E-state index contributed by atoms with van der Waals surface area (Å²) in [6, 6.07) is 13.2. The monoisotopic (exact) mass is 276 g/mol. The van der Waals surface area contributed by atoms with E-state index in [1.807, 2.05) is 59.4 Å². The standard InChI is InChI=1S/C13H11BrNO/c14-12-6-4-5-11(9-12)13(16)10-15-7-2-1-3-8-15/h1-9H,10H2/q+1. The topological polar surface area (TPSA) is 20.9 Å². The van der Waals surface area contributed by atoms with Crippen LogP contribution in [0.3, 0.4) is 0 Å². The van der Waals surface area contributed by atoms with Crippen LogP contribution >= 0.6 is 15.9 Å². The van der Waals surface area contributed by atoms with Crippen LogP contribution in [0.2, 0.25) is 0 Å². The van der Waals surface area contributed by atoms with Gasteiger partial charge in [-0.2, -0.15) is 4.57 Å². The molecule has 0 saturated carbocycles. The number of rotatable bonds is 3. The molecule has 2 rings (SSSR count). The molecule has 2 nitrogen and oxygen atoms in total. The molecule has 0 aliphatic heterocycles. The molecule has 0 saturated heterocycles. The zero-order valence-corrected chi connectivity index (χ0v) is 10.2. The summed E-state index contributed by atoms with van der Waals surface area (Å²) in [6.45, 7) is 0.372. The van der Waals surface area contributed by atoms with E-state index >= 15 is 0 Å². The summed E-state index contributed by atoms with van der Waals surface area (Å²) in [5.41, 5.74) is 0.728. The van der Waals surface area contributed by atoms with E-state index in [2.05, 4.69) is 15.9 Å². The number of hydrogen-bond donors (Lipinski definition) is 0. The van der Waals surface area contributed by atoms with E-state index in [-0.39, 0.29) is 5.78 Å². The van der Waals surface area contributed by atoms with Crippen molar-refractivity contribution in [2.45, 2.75) is 6.54 Å². The highest BCUT2D eigenvalue weighted by Crippen LogP contribution is 2.11. The van der Waals surface area contributed by atoms with Gasteiger partial charge in [-0.1, -0.05) is 34.1 Å². The summed E-state index contributed by atoms with van der Waals surface area (Å²) in [5, 5.41) is 0. The van der Waals surface area contributed by atoms with E-state index < -0.39 is 0 Å². The van der Waals surface area contributed by atoms with E-state index in [9.17, 15) is 4.79 Å². The first-order valence-electron chi connectivity index (χ1n) is 4.98. The number of nitrogens with zero attached hydrogens (tertiary/aromatic N) is 1. The largest absolute Gasteiger partial charge is 0.287 e. The second-order valence-corrected chi connectivity index (χ2v) is 4.40. The van der Waals surface area contributed by atoms with Crippen LogP contribution in [-0.4, -0.2) is 5.78 Å². The van der Waals surface area contributed by atoms with Gasteiger partial charge in [0.15, 0.2) is 12.4 Å². The molecule has 0 N–H and O–H groups in total. The molecule has 1 heterocycles. The van der Waals surface area contributed by atoms with Crippen LogP contribution in [0.25, 0.3) is 0 Å². The van der Waals surface area contributed by atoms with Gasteiger partial charge in [0.05, 0.1) is 0 Å². The first-order valence-corrected chi connectivity index (χ1v) is 5.78. The third kappa shape index (κ3) is 2.76. The lowest BCUT2D eigenvalue weighted by Gasteiger charge is -1.98. The zero-order chi connectivity index (χ0) is 11.4. The Morgan fingerprint density at radius 2 is 1.88 bits per heavy atom. The number of carbonyl (C=O) groups is 1. The fourth-order valence-corrected chi connectivity index (χ4v) is 1.86. The van der Waals surface area contributed by atoms with Gasteiger partial charge in [-0.15, -0.1) is 0 Å². The number of halogens is 1. The van der Waals surface area contributed by atoms with Crippen molar-refractivity contribution >= 4 is 21.7 Å². The molecule has 0 unspecified atom stereocenters. The van der Waals surface area contributed by atoms with Gasteiger partial charge in [-0.3, -0.25) is 4.79 Å². The van der Waals surface area contributed by atoms with Crippen LogP contribution in [0.4, 0.5) is 0 Å². The van der Waals surface area contributed by atoms with Gasteiger partial charge in [0.2, 0.25) is 12.3 Å². The van der Waals surface area contributed by atoms with Crippen LogP contribution in [0.1, 0.15) is 10.4 Å². The van der Waals surface area contributed by atoms with E-state index in [1.54, 1.807) is 0 Å². The van der Waals surface area contributed by atoms with Gasteiger partial charge in [0.25, 0.3) is 0 Å². The fourth-order valence-electron chi connectivity index (χ4n) is 1.46. The Morgan fingerprint density at radius 3 is 2.56 bits per heavy atom. The molecule has 2 aromatic rings. The Balaban J connectivity index is 2.15.